The van der Waals surface area contributed by atoms with E-state index in [9.17, 15) is 4.79 Å². The summed E-state index contributed by atoms with van der Waals surface area (Å²) in [7, 11) is 1.59. The average Bonchev–Trinajstić information content (AvgIpc) is 2.35. The highest BCUT2D eigenvalue weighted by Crippen LogP contribution is 2.09. The first-order valence-electron chi connectivity index (χ1n) is 6.20. The zero-order valence-corrected chi connectivity index (χ0v) is 11.2. The zero-order chi connectivity index (χ0) is 13.5. The second-order valence-corrected chi connectivity index (χ2v) is 4.78. The molecule has 5 nitrogen and oxygen atoms in total. The maximum atomic E-state index is 11.4. The summed E-state index contributed by atoms with van der Waals surface area (Å²) in [5.74, 6) is 0.394. The maximum absolute atomic E-state index is 11.4. The maximum Gasteiger partial charge on any atom is 0.269 e. The fourth-order valence-corrected chi connectivity index (χ4v) is 1.73. The summed E-state index contributed by atoms with van der Waals surface area (Å²) >= 11 is 0. The van der Waals surface area contributed by atoms with Gasteiger partial charge in [-0.2, -0.15) is 0 Å². The van der Waals surface area contributed by atoms with Crippen LogP contribution in [-0.2, 0) is 0 Å². The van der Waals surface area contributed by atoms with E-state index >= 15 is 0 Å². The standard InChI is InChI=1S/C13H22N4O/c1-9(2)6-10(14)8-17-11-4-5-16-12(7-11)13(18)15-3/h4-5,7,9-10H,6,8,14H2,1-3H3,(H,15,18)(H,16,17). The van der Waals surface area contributed by atoms with Gasteiger partial charge in [-0.25, -0.2) is 0 Å². The van der Waals surface area contributed by atoms with Gasteiger partial charge in [-0.3, -0.25) is 9.78 Å². The normalized spacial score (nSPS) is 12.3. The van der Waals surface area contributed by atoms with E-state index in [2.05, 4.69) is 29.5 Å². The molecule has 0 fully saturated rings. The summed E-state index contributed by atoms with van der Waals surface area (Å²) in [6.45, 7) is 4.99. The number of hydrogen-bond donors (Lipinski definition) is 3. The minimum Gasteiger partial charge on any atom is -0.383 e. The number of pyridine rings is 1. The Bertz CT molecular complexity index is 392. The van der Waals surface area contributed by atoms with Crippen LogP contribution in [0.4, 0.5) is 5.69 Å². The first kappa shape index (κ1) is 14.4. The number of amides is 1. The smallest absolute Gasteiger partial charge is 0.269 e. The van der Waals surface area contributed by atoms with Crippen LogP contribution in [0.5, 0.6) is 0 Å². The lowest BCUT2D eigenvalue weighted by Crippen LogP contribution is -2.30. The van der Waals surface area contributed by atoms with Crippen LogP contribution in [0.2, 0.25) is 0 Å². The SMILES string of the molecule is CNC(=O)c1cc(NCC(N)CC(C)C)ccn1. The third-order valence-corrected chi connectivity index (χ3v) is 2.56. The van der Waals surface area contributed by atoms with Crippen LogP contribution in [0.3, 0.4) is 0 Å². The molecule has 0 aromatic carbocycles. The van der Waals surface area contributed by atoms with Crippen molar-refractivity contribution in [2.45, 2.75) is 26.3 Å². The van der Waals surface area contributed by atoms with Crippen LogP contribution >= 0.6 is 0 Å². The molecular weight excluding hydrogens is 228 g/mol. The summed E-state index contributed by atoms with van der Waals surface area (Å²) in [6, 6.07) is 3.66. The Kier molecular flexibility index (Phi) is 5.58. The second kappa shape index (κ2) is 6.96. The highest BCUT2D eigenvalue weighted by atomic mass is 16.1. The molecular formula is C13H22N4O. The third-order valence-electron chi connectivity index (χ3n) is 2.56. The van der Waals surface area contributed by atoms with Crippen molar-refractivity contribution < 1.29 is 4.79 Å². The third kappa shape index (κ3) is 4.71. The van der Waals surface area contributed by atoms with Crippen molar-refractivity contribution in [3.63, 3.8) is 0 Å². The molecule has 4 N–H and O–H groups in total. The molecule has 0 spiro atoms. The Morgan fingerprint density at radius 2 is 2.22 bits per heavy atom. The molecule has 0 aliphatic rings. The van der Waals surface area contributed by atoms with Crippen molar-refractivity contribution in [1.29, 1.82) is 0 Å². The van der Waals surface area contributed by atoms with Crippen LogP contribution < -0.4 is 16.4 Å². The minimum atomic E-state index is -0.190. The summed E-state index contributed by atoms with van der Waals surface area (Å²) < 4.78 is 0. The molecule has 0 radical (unpaired) electrons. The fourth-order valence-electron chi connectivity index (χ4n) is 1.73. The quantitative estimate of drug-likeness (QED) is 0.709. The lowest BCUT2D eigenvalue weighted by molar-refractivity contribution is 0.0958. The molecule has 0 saturated heterocycles. The van der Waals surface area contributed by atoms with Gasteiger partial charge in [-0.05, 0) is 24.5 Å². The summed E-state index contributed by atoms with van der Waals surface area (Å²) in [4.78, 5) is 15.4. The Balaban J connectivity index is 2.55. The highest BCUT2D eigenvalue weighted by Gasteiger charge is 2.07. The monoisotopic (exact) mass is 250 g/mol. The van der Waals surface area contributed by atoms with Gasteiger partial charge in [0.1, 0.15) is 5.69 Å². The van der Waals surface area contributed by atoms with Crippen molar-refractivity contribution in [1.82, 2.24) is 10.3 Å². The van der Waals surface area contributed by atoms with Gasteiger partial charge in [-0.1, -0.05) is 13.8 Å². The van der Waals surface area contributed by atoms with Crippen LogP contribution in [-0.4, -0.2) is 30.5 Å². The van der Waals surface area contributed by atoms with E-state index in [1.54, 1.807) is 19.3 Å². The Morgan fingerprint density at radius 3 is 2.83 bits per heavy atom. The lowest BCUT2D eigenvalue weighted by atomic mass is 10.0. The molecule has 100 valence electrons. The average molecular weight is 250 g/mol. The van der Waals surface area contributed by atoms with Gasteiger partial charge in [0, 0.05) is 31.5 Å². The zero-order valence-electron chi connectivity index (χ0n) is 11.2. The Labute approximate surface area is 108 Å². The van der Waals surface area contributed by atoms with Gasteiger partial charge >= 0.3 is 0 Å². The molecule has 1 rings (SSSR count). The van der Waals surface area contributed by atoms with Crippen LogP contribution in [0.1, 0.15) is 30.8 Å². The fraction of sp³-hybridized carbons (Fsp3) is 0.538. The van der Waals surface area contributed by atoms with Gasteiger partial charge in [0.2, 0.25) is 0 Å². The van der Waals surface area contributed by atoms with Crippen molar-refractivity contribution >= 4 is 11.6 Å². The number of carbonyl (C=O) groups is 1. The van der Waals surface area contributed by atoms with Gasteiger partial charge in [-0.15, -0.1) is 0 Å². The number of hydrogen-bond acceptors (Lipinski definition) is 4. The molecule has 18 heavy (non-hydrogen) atoms. The molecule has 0 bridgehead atoms. The van der Waals surface area contributed by atoms with Crippen molar-refractivity contribution in [2.24, 2.45) is 11.7 Å². The van der Waals surface area contributed by atoms with Gasteiger partial charge in [0.15, 0.2) is 0 Å². The molecule has 1 heterocycles. The van der Waals surface area contributed by atoms with E-state index < -0.39 is 0 Å². The lowest BCUT2D eigenvalue weighted by Gasteiger charge is -2.15. The molecule has 1 atom stereocenters. The van der Waals surface area contributed by atoms with Crippen LogP contribution in [0, 0.1) is 5.92 Å². The molecule has 1 aromatic rings. The van der Waals surface area contributed by atoms with Gasteiger partial charge < -0.3 is 16.4 Å². The van der Waals surface area contributed by atoms with E-state index in [0.717, 1.165) is 12.1 Å². The number of nitrogens with one attached hydrogen (secondary N) is 2. The van der Waals surface area contributed by atoms with Gasteiger partial charge in [0.05, 0.1) is 0 Å². The Hall–Kier alpha value is -1.62. The predicted molar refractivity (Wildman–Crippen MR) is 73.5 cm³/mol. The first-order valence-corrected chi connectivity index (χ1v) is 6.20. The number of anilines is 1. The van der Waals surface area contributed by atoms with E-state index in [4.69, 9.17) is 5.73 Å². The molecule has 0 aliphatic carbocycles. The van der Waals surface area contributed by atoms with E-state index in [0.29, 0.717) is 18.2 Å². The summed E-state index contributed by atoms with van der Waals surface area (Å²) in [6.07, 6.45) is 2.58. The van der Waals surface area contributed by atoms with Crippen molar-refractivity contribution in [3.8, 4) is 0 Å². The number of nitrogens with two attached hydrogens (primary N) is 1. The van der Waals surface area contributed by atoms with E-state index in [1.165, 1.54) is 0 Å². The van der Waals surface area contributed by atoms with Crippen LogP contribution in [0.15, 0.2) is 18.3 Å². The number of carbonyl (C=O) groups excluding carboxylic acids is 1. The largest absolute Gasteiger partial charge is 0.383 e. The number of aromatic nitrogens is 1. The summed E-state index contributed by atoms with van der Waals surface area (Å²) in [5.41, 5.74) is 7.26. The van der Waals surface area contributed by atoms with E-state index in [1.807, 2.05) is 6.07 Å². The highest BCUT2D eigenvalue weighted by molar-refractivity contribution is 5.92. The first-order chi connectivity index (χ1) is 8.52. The molecule has 1 aromatic heterocycles. The number of rotatable bonds is 6. The second-order valence-electron chi connectivity index (χ2n) is 4.78. The summed E-state index contributed by atoms with van der Waals surface area (Å²) in [5, 5.41) is 5.77. The molecule has 5 heteroatoms. The minimum absolute atomic E-state index is 0.113. The van der Waals surface area contributed by atoms with E-state index in [-0.39, 0.29) is 11.9 Å². The predicted octanol–water partition coefficient (Wildman–Crippen LogP) is 1.23. The Morgan fingerprint density at radius 1 is 1.50 bits per heavy atom. The molecule has 1 amide bonds. The van der Waals surface area contributed by atoms with Crippen molar-refractivity contribution in [2.75, 3.05) is 18.9 Å². The van der Waals surface area contributed by atoms with Crippen molar-refractivity contribution in [3.05, 3.63) is 24.0 Å². The molecule has 1 unspecified atom stereocenters. The molecule has 0 aliphatic heterocycles. The van der Waals surface area contributed by atoms with Gasteiger partial charge in [0.25, 0.3) is 5.91 Å². The number of nitrogens with zero attached hydrogens (tertiary/aromatic N) is 1. The topological polar surface area (TPSA) is 80.0 Å². The molecule has 0 saturated carbocycles. The van der Waals surface area contributed by atoms with Crippen LogP contribution in [0.25, 0.3) is 0 Å².